The first-order valence-corrected chi connectivity index (χ1v) is 27.2. The van der Waals surface area contributed by atoms with Gasteiger partial charge in [0.05, 0.1) is 109 Å². The van der Waals surface area contributed by atoms with E-state index in [-0.39, 0.29) is 196 Å². The molecule has 0 saturated heterocycles. The smallest absolute Gasteiger partial charge is 0.166 e. The van der Waals surface area contributed by atoms with Crippen LogP contribution in [-0.2, 0) is 0 Å². The molecule has 80 heavy (non-hydrogen) atoms. The van der Waals surface area contributed by atoms with Crippen LogP contribution in [0.4, 0.5) is 0 Å². The number of H-pyrrole nitrogens is 2. The van der Waals surface area contributed by atoms with Crippen LogP contribution in [0.15, 0.2) is 98.1 Å². The molecule has 11 aromatic rings. The Morgan fingerprint density at radius 2 is 0.525 bits per heavy atom. The minimum absolute atomic E-state index is 0.0280. The predicted octanol–water partition coefficient (Wildman–Crippen LogP) is 19.5. The van der Waals surface area contributed by atoms with Crippen molar-refractivity contribution in [2.24, 2.45) is 0 Å². The first kappa shape index (κ1) is 52.9. The molecule has 7 aromatic heterocycles. The highest BCUT2D eigenvalue weighted by Gasteiger charge is 2.36. The molecular weight excluding hydrogens is 1280 g/mol. The van der Waals surface area contributed by atoms with Crippen molar-refractivity contribution in [1.82, 2.24) is 59.8 Å². The average Bonchev–Trinajstić information content (AvgIpc) is 4.28. The molecule has 0 spiro atoms. The van der Waals surface area contributed by atoms with Gasteiger partial charge in [0.15, 0.2) is 46.3 Å². The second-order valence-corrected chi connectivity index (χ2v) is 21.4. The molecule has 28 heteroatoms. The van der Waals surface area contributed by atoms with Gasteiger partial charge in [-0.05, 0) is 48.5 Å². The third kappa shape index (κ3) is 8.76. The molecule has 0 amide bonds. The SMILES string of the molecule is Clc1c(Cl)c2c(c(Cl)c1Oc1cccnc1)-c1nc-2nc2[nH]c(nc3nc(nc4[nH]c(n1)c1c(Cl)c(Cl)c(Oc5cccnc5)c(Cl)c41)-c1c(Cl)c(Cl)c(Oc4cccnc4)c(Cl)c1-3)c1c(Cl)c(Cl)c(Oc3cccnc3)c(Cl)c21. The molecule has 13 rings (SSSR count). The van der Waals surface area contributed by atoms with E-state index in [1.165, 1.54) is 24.8 Å². The molecule has 0 radical (unpaired) electrons. The fourth-order valence-electron chi connectivity index (χ4n) is 8.73. The van der Waals surface area contributed by atoms with Crippen molar-refractivity contribution in [3.63, 3.8) is 0 Å². The lowest BCUT2D eigenvalue weighted by Crippen LogP contribution is -1.93. The highest BCUT2D eigenvalue weighted by atomic mass is 35.5. The highest BCUT2D eigenvalue weighted by molar-refractivity contribution is 6.53. The quantitative estimate of drug-likeness (QED) is 0.136. The van der Waals surface area contributed by atoms with Crippen LogP contribution in [0.2, 0.25) is 60.3 Å². The standard InChI is InChI=1S/C52H18Cl12N12O4/c53-29-21-25(33(57)41(37(29)61)77-17-5-1-9-65-13-17)49-69-45(21)74-50-27-23(31(55)39(63)43(35(27)59)79-19-7-3-11-67-15-19)47(71-50)76-52-28-24(32(56)40(64)44(36(28)60)80-20-8-4-12-68-16-20)48(72-52)75-51-26-22(46(70-51)73-49)30(54)38(62)42(34(26)58)78-18-6-2-10-66-14-18/h1-16H,(H2,69,70,71,72,73,74,75,76). The van der Waals surface area contributed by atoms with E-state index in [1.54, 1.807) is 73.3 Å². The molecule has 0 fully saturated rings. The zero-order chi connectivity index (χ0) is 55.4. The number of halogens is 12. The summed E-state index contributed by atoms with van der Waals surface area (Å²) in [4.78, 5) is 53.3. The van der Waals surface area contributed by atoms with Crippen LogP contribution in [0.5, 0.6) is 46.0 Å². The van der Waals surface area contributed by atoms with Crippen molar-refractivity contribution in [1.29, 1.82) is 0 Å². The Balaban J connectivity index is 1.21. The number of aromatic nitrogens is 12. The van der Waals surface area contributed by atoms with Gasteiger partial charge in [0.2, 0.25) is 0 Å². The summed E-state index contributed by atoms with van der Waals surface area (Å²) in [6.45, 7) is 0. The lowest BCUT2D eigenvalue weighted by Gasteiger charge is -2.14. The normalized spacial score (nSPS) is 11.8. The zero-order valence-electron chi connectivity index (χ0n) is 38.9. The van der Waals surface area contributed by atoms with Gasteiger partial charge in [-0.1, -0.05) is 139 Å². The molecule has 2 aliphatic rings. The maximum absolute atomic E-state index is 7.38. The van der Waals surface area contributed by atoms with E-state index in [1.807, 2.05) is 0 Å². The van der Waals surface area contributed by atoms with E-state index in [9.17, 15) is 0 Å². The van der Waals surface area contributed by atoms with Crippen molar-refractivity contribution < 1.29 is 18.9 Å². The van der Waals surface area contributed by atoms with Gasteiger partial charge in [-0.2, -0.15) is 0 Å². The number of pyridine rings is 4. The van der Waals surface area contributed by atoms with Crippen LogP contribution in [0, 0.1) is 0 Å². The summed E-state index contributed by atoms with van der Waals surface area (Å²) < 4.78 is 25.0. The molecule has 394 valence electrons. The number of aromatic amines is 2. The number of nitrogens with one attached hydrogen (secondary N) is 2. The fourth-order valence-corrected chi connectivity index (χ4v) is 12.2. The predicted molar refractivity (Wildman–Crippen MR) is 313 cm³/mol. The minimum Gasteiger partial charge on any atom is -0.453 e. The summed E-state index contributed by atoms with van der Waals surface area (Å²) in [5, 5.41) is -0.751. The van der Waals surface area contributed by atoms with Gasteiger partial charge in [-0.15, -0.1) is 0 Å². The van der Waals surface area contributed by atoms with E-state index in [2.05, 4.69) is 29.9 Å². The first-order valence-electron chi connectivity index (χ1n) is 22.6. The number of ether oxygens (including phenoxy) is 4. The molecule has 2 N–H and O–H groups in total. The number of hydrogen-bond acceptors (Lipinski definition) is 14. The van der Waals surface area contributed by atoms with Gasteiger partial charge in [-0.3, -0.25) is 19.9 Å². The van der Waals surface area contributed by atoms with Crippen molar-refractivity contribution in [3.8, 4) is 91.5 Å². The molecule has 0 atom stereocenters. The maximum Gasteiger partial charge on any atom is 0.166 e. The topological polar surface area (TPSA) is 197 Å². The van der Waals surface area contributed by atoms with E-state index in [0.29, 0.717) is 0 Å². The maximum atomic E-state index is 7.38. The van der Waals surface area contributed by atoms with Crippen molar-refractivity contribution in [2.45, 2.75) is 0 Å². The van der Waals surface area contributed by atoms with Crippen LogP contribution in [-0.4, -0.2) is 59.8 Å². The van der Waals surface area contributed by atoms with Gasteiger partial charge < -0.3 is 28.9 Å². The lowest BCUT2D eigenvalue weighted by atomic mass is 10.1. The monoisotopic (exact) mass is 1290 g/mol. The minimum atomic E-state index is -0.122. The molecule has 16 nitrogen and oxygen atoms in total. The molecule has 0 saturated carbocycles. The molecule has 0 aliphatic carbocycles. The van der Waals surface area contributed by atoms with Crippen molar-refractivity contribution in [3.05, 3.63) is 158 Å². The summed E-state index contributed by atoms with van der Waals surface area (Å²) in [7, 11) is 0. The van der Waals surface area contributed by atoms with E-state index >= 15 is 0 Å². The number of fused-ring (bicyclic) bond motifs is 20. The van der Waals surface area contributed by atoms with Gasteiger partial charge in [0, 0.05) is 24.8 Å². The van der Waals surface area contributed by atoms with Crippen LogP contribution in [0.3, 0.4) is 0 Å². The van der Waals surface area contributed by atoms with Crippen LogP contribution in [0.1, 0.15) is 0 Å². The summed E-state index contributed by atoms with van der Waals surface area (Å²) in [5.74, 6) is 0.319. The third-order valence-corrected chi connectivity index (χ3v) is 16.9. The van der Waals surface area contributed by atoms with Crippen LogP contribution in [0.25, 0.3) is 89.7 Å². The van der Waals surface area contributed by atoms with Gasteiger partial charge in [0.1, 0.15) is 65.7 Å². The summed E-state index contributed by atoms with van der Waals surface area (Å²) in [5.41, 5.74) is 0.259. The Kier molecular flexibility index (Phi) is 13.8. The molecule has 4 aromatic carbocycles. The number of nitrogens with zero attached hydrogens (tertiary/aromatic N) is 10. The Morgan fingerprint density at radius 1 is 0.275 bits per heavy atom. The molecule has 8 bridgehead atoms. The Hall–Kier alpha value is -6.48. The Bertz CT molecular complexity index is 4350. The average molecular weight is 1300 g/mol. The van der Waals surface area contributed by atoms with Gasteiger partial charge in [-0.25, -0.2) is 29.9 Å². The molecular formula is C52H18Cl12N12O4. The van der Waals surface area contributed by atoms with E-state index in [4.69, 9.17) is 188 Å². The van der Waals surface area contributed by atoms with Crippen LogP contribution < -0.4 is 18.9 Å². The number of benzene rings is 4. The lowest BCUT2D eigenvalue weighted by molar-refractivity contribution is 0.481. The number of rotatable bonds is 8. The van der Waals surface area contributed by atoms with Crippen molar-refractivity contribution >= 4 is 183 Å². The zero-order valence-corrected chi connectivity index (χ0v) is 47.9. The van der Waals surface area contributed by atoms with Gasteiger partial charge in [0.25, 0.3) is 0 Å². The van der Waals surface area contributed by atoms with Crippen LogP contribution >= 0.6 is 139 Å². The summed E-state index contributed by atoms with van der Waals surface area (Å²) in [6, 6.07) is 13.2. The van der Waals surface area contributed by atoms with Gasteiger partial charge >= 0.3 is 0 Å². The molecule has 9 heterocycles. The second-order valence-electron chi connectivity index (χ2n) is 16.9. The third-order valence-electron chi connectivity index (χ3n) is 12.1. The van der Waals surface area contributed by atoms with E-state index in [0.717, 1.165) is 0 Å². The van der Waals surface area contributed by atoms with E-state index < -0.39 is 0 Å². The largest absolute Gasteiger partial charge is 0.453 e. The number of hydrogen-bond donors (Lipinski definition) is 2. The first-order chi connectivity index (χ1) is 38.7. The fraction of sp³-hybridized carbons (Fsp3) is 0. The molecule has 0 unspecified atom stereocenters. The Morgan fingerprint density at radius 3 is 0.800 bits per heavy atom. The highest BCUT2D eigenvalue weighted by Crippen LogP contribution is 2.57. The summed E-state index contributed by atoms with van der Waals surface area (Å²) >= 11 is 87.0. The summed E-state index contributed by atoms with van der Waals surface area (Å²) in [6.07, 6.45) is 12.1. The molecule has 2 aliphatic heterocycles. The second kappa shape index (κ2) is 20.8. The Labute approximate surface area is 507 Å². The van der Waals surface area contributed by atoms with Crippen molar-refractivity contribution in [2.75, 3.05) is 0 Å².